The van der Waals surface area contributed by atoms with Crippen LogP contribution in [0.4, 0.5) is 0 Å². The molecule has 0 bridgehead atoms. The number of ether oxygens (including phenoxy) is 1. The Morgan fingerprint density at radius 1 is 1.41 bits per heavy atom. The maximum Gasteiger partial charge on any atom is 0.289 e. The van der Waals surface area contributed by atoms with E-state index in [9.17, 15) is 4.79 Å². The second kappa shape index (κ2) is 5.06. The van der Waals surface area contributed by atoms with Gasteiger partial charge in [-0.05, 0) is 19.9 Å². The average Bonchev–Trinajstić information content (AvgIpc) is 2.33. The molecule has 1 fully saturated rings. The third-order valence-corrected chi connectivity index (χ3v) is 3.35. The van der Waals surface area contributed by atoms with Gasteiger partial charge in [0.2, 0.25) is 0 Å². The SMILES string of the molecule is CN1CCC(Oc2cnn(C)c(=O)c2Cl)CC1. The van der Waals surface area contributed by atoms with Crippen LogP contribution in [0, 0.1) is 0 Å². The molecular formula is C11H16ClN3O2. The lowest BCUT2D eigenvalue weighted by molar-refractivity contribution is 0.113. The molecule has 94 valence electrons. The summed E-state index contributed by atoms with van der Waals surface area (Å²) >= 11 is 5.94. The zero-order chi connectivity index (χ0) is 12.4. The second-order valence-corrected chi connectivity index (χ2v) is 4.75. The van der Waals surface area contributed by atoms with Crippen LogP contribution >= 0.6 is 11.6 Å². The van der Waals surface area contributed by atoms with Crippen molar-refractivity contribution in [1.82, 2.24) is 14.7 Å². The van der Waals surface area contributed by atoms with Gasteiger partial charge in [0.25, 0.3) is 5.56 Å². The van der Waals surface area contributed by atoms with Crippen molar-refractivity contribution in [2.45, 2.75) is 18.9 Å². The third kappa shape index (κ3) is 2.79. The molecule has 1 saturated heterocycles. The summed E-state index contributed by atoms with van der Waals surface area (Å²) < 4.78 is 6.93. The van der Waals surface area contributed by atoms with Crippen LogP contribution in [0.25, 0.3) is 0 Å². The first-order valence-electron chi connectivity index (χ1n) is 5.65. The van der Waals surface area contributed by atoms with Crippen molar-refractivity contribution in [1.29, 1.82) is 0 Å². The molecule has 0 N–H and O–H groups in total. The molecule has 1 aliphatic heterocycles. The molecule has 2 rings (SSSR count). The molecule has 0 unspecified atom stereocenters. The third-order valence-electron chi connectivity index (χ3n) is 3.01. The van der Waals surface area contributed by atoms with E-state index in [2.05, 4.69) is 17.0 Å². The van der Waals surface area contributed by atoms with Crippen molar-refractivity contribution in [3.05, 3.63) is 21.6 Å². The Kier molecular flexibility index (Phi) is 3.69. The molecular weight excluding hydrogens is 242 g/mol. The van der Waals surface area contributed by atoms with Crippen molar-refractivity contribution in [2.24, 2.45) is 7.05 Å². The Morgan fingerprint density at radius 2 is 2.06 bits per heavy atom. The highest BCUT2D eigenvalue weighted by molar-refractivity contribution is 6.31. The van der Waals surface area contributed by atoms with E-state index in [0.717, 1.165) is 25.9 Å². The largest absolute Gasteiger partial charge is 0.487 e. The molecule has 5 nitrogen and oxygen atoms in total. The van der Waals surface area contributed by atoms with Gasteiger partial charge in [-0.25, -0.2) is 4.68 Å². The first-order valence-corrected chi connectivity index (χ1v) is 6.02. The van der Waals surface area contributed by atoms with Crippen molar-refractivity contribution >= 4 is 11.6 Å². The summed E-state index contributed by atoms with van der Waals surface area (Å²) in [5, 5.41) is 4.02. The Labute approximate surface area is 105 Å². The second-order valence-electron chi connectivity index (χ2n) is 4.37. The van der Waals surface area contributed by atoms with Crippen LogP contribution in [-0.2, 0) is 7.05 Å². The van der Waals surface area contributed by atoms with Crippen LogP contribution in [0.1, 0.15) is 12.8 Å². The molecule has 1 aromatic heterocycles. The number of hydrogen-bond acceptors (Lipinski definition) is 4. The number of rotatable bonds is 2. The number of halogens is 1. The highest BCUT2D eigenvalue weighted by atomic mass is 35.5. The first kappa shape index (κ1) is 12.4. The number of hydrogen-bond donors (Lipinski definition) is 0. The highest BCUT2D eigenvalue weighted by Crippen LogP contribution is 2.22. The first-order chi connectivity index (χ1) is 8.08. The number of likely N-dealkylation sites (tertiary alicyclic amines) is 1. The zero-order valence-electron chi connectivity index (χ0n) is 10.0. The van der Waals surface area contributed by atoms with Crippen LogP contribution in [0.15, 0.2) is 11.0 Å². The molecule has 0 saturated carbocycles. The Bertz CT molecular complexity index is 453. The standard InChI is InChI=1S/C11H16ClN3O2/c1-14-5-3-8(4-6-14)17-9-7-13-15(2)11(16)10(9)12/h7-8H,3-6H2,1-2H3. The summed E-state index contributed by atoms with van der Waals surface area (Å²) in [6.07, 6.45) is 3.52. The van der Waals surface area contributed by atoms with Crippen LogP contribution in [-0.4, -0.2) is 40.9 Å². The number of nitrogens with zero attached hydrogens (tertiary/aromatic N) is 3. The van der Waals surface area contributed by atoms with Crippen LogP contribution in [0.3, 0.4) is 0 Å². The number of aryl methyl sites for hydroxylation is 1. The van der Waals surface area contributed by atoms with Gasteiger partial charge in [-0.1, -0.05) is 11.6 Å². The minimum atomic E-state index is -0.322. The van der Waals surface area contributed by atoms with Gasteiger partial charge in [-0.15, -0.1) is 0 Å². The zero-order valence-corrected chi connectivity index (χ0v) is 10.8. The summed E-state index contributed by atoms with van der Waals surface area (Å²) in [6.45, 7) is 2.00. The summed E-state index contributed by atoms with van der Waals surface area (Å²) in [5.74, 6) is 0.393. The fraction of sp³-hybridized carbons (Fsp3) is 0.636. The van der Waals surface area contributed by atoms with Gasteiger partial charge in [0.05, 0.1) is 6.20 Å². The van der Waals surface area contributed by atoms with Gasteiger partial charge in [0, 0.05) is 20.1 Å². The maximum atomic E-state index is 11.6. The normalized spacial score (nSPS) is 18.3. The average molecular weight is 258 g/mol. The highest BCUT2D eigenvalue weighted by Gasteiger charge is 2.20. The number of piperidine rings is 1. The predicted molar refractivity (Wildman–Crippen MR) is 65.6 cm³/mol. The molecule has 6 heteroatoms. The van der Waals surface area contributed by atoms with E-state index in [-0.39, 0.29) is 16.7 Å². The summed E-state index contributed by atoms with van der Waals surface area (Å²) in [7, 11) is 3.65. The van der Waals surface area contributed by atoms with Gasteiger partial charge < -0.3 is 9.64 Å². The predicted octanol–water partition coefficient (Wildman–Crippen LogP) is 0.907. The molecule has 0 atom stereocenters. The van der Waals surface area contributed by atoms with E-state index in [4.69, 9.17) is 16.3 Å². The molecule has 17 heavy (non-hydrogen) atoms. The van der Waals surface area contributed by atoms with Crippen LogP contribution in [0.5, 0.6) is 5.75 Å². The molecule has 0 radical (unpaired) electrons. The van der Waals surface area contributed by atoms with Crippen LogP contribution < -0.4 is 10.3 Å². The van der Waals surface area contributed by atoms with E-state index in [1.165, 1.54) is 10.9 Å². The summed E-state index contributed by atoms with van der Waals surface area (Å²) in [6, 6.07) is 0. The quantitative estimate of drug-likeness (QED) is 0.790. The van der Waals surface area contributed by atoms with E-state index < -0.39 is 0 Å². The minimum absolute atomic E-state index is 0.112. The van der Waals surface area contributed by atoms with Crippen molar-refractivity contribution in [3.8, 4) is 5.75 Å². The van der Waals surface area contributed by atoms with Gasteiger partial charge in [0.15, 0.2) is 10.8 Å². The smallest absolute Gasteiger partial charge is 0.289 e. The lowest BCUT2D eigenvalue weighted by atomic mass is 10.1. The fourth-order valence-electron chi connectivity index (χ4n) is 1.86. The summed E-state index contributed by atoms with van der Waals surface area (Å²) in [5.41, 5.74) is -0.322. The Hall–Kier alpha value is -1.07. The van der Waals surface area contributed by atoms with E-state index in [1.54, 1.807) is 7.05 Å². The molecule has 0 spiro atoms. The lowest BCUT2D eigenvalue weighted by Crippen LogP contribution is -2.36. The monoisotopic (exact) mass is 257 g/mol. The molecule has 2 heterocycles. The van der Waals surface area contributed by atoms with Gasteiger partial charge >= 0.3 is 0 Å². The lowest BCUT2D eigenvalue weighted by Gasteiger charge is -2.29. The van der Waals surface area contributed by atoms with E-state index in [1.807, 2.05) is 0 Å². The van der Waals surface area contributed by atoms with Crippen molar-refractivity contribution in [3.63, 3.8) is 0 Å². The molecule has 0 aromatic carbocycles. The molecule has 0 aliphatic carbocycles. The molecule has 1 aliphatic rings. The summed E-state index contributed by atoms with van der Waals surface area (Å²) in [4.78, 5) is 13.8. The van der Waals surface area contributed by atoms with E-state index in [0.29, 0.717) is 5.75 Å². The minimum Gasteiger partial charge on any atom is -0.487 e. The van der Waals surface area contributed by atoms with Gasteiger partial charge in [-0.3, -0.25) is 4.79 Å². The van der Waals surface area contributed by atoms with E-state index >= 15 is 0 Å². The van der Waals surface area contributed by atoms with Gasteiger partial charge in [0.1, 0.15) is 6.10 Å². The topological polar surface area (TPSA) is 47.4 Å². The van der Waals surface area contributed by atoms with Crippen LogP contribution in [0.2, 0.25) is 5.02 Å². The molecule has 0 amide bonds. The Morgan fingerprint density at radius 3 is 2.71 bits per heavy atom. The Balaban J connectivity index is 2.09. The maximum absolute atomic E-state index is 11.6. The van der Waals surface area contributed by atoms with Gasteiger partial charge in [-0.2, -0.15) is 5.10 Å². The van der Waals surface area contributed by atoms with Crippen molar-refractivity contribution < 1.29 is 4.74 Å². The molecule has 1 aromatic rings. The van der Waals surface area contributed by atoms with Crippen molar-refractivity contribution in [2.75, 3.05) is 20.1 Å². The number of aromatic nitrogens is 2. The fourth-order valence-corrected chi connectivity index (χ4v) is 2.08.